The molecule has 1 aliphatic carbocycles. The average Bonchev–Trinajstić information content (AvgIpc) is 2.98. The zero-order valence-electron chi connectivity index (χ0n) is 15.2. The fourth-order valence-electron chi connectivity index (χ4n) is 3.55. The quantitative estimate of drug-likeness (QED) is 0.715. The first kappa shape index (κ1) is 18.2. The van der Waals surface area contributed by atoms with Gasteiger partial charge < -0.3 is 5.32 Å². The number of thiophene rings is 1. The molecule has 0 fully saturated rings. The second-order valence-corrected chi connectivity index (χ2v) is 8.74. The summed E-state index contributed by atoms with van der Waals surface area (Å²) in [5.41, 5.74) is 2.56. The van der Waals surface area contributed by atoms with E-state index in [2.05, 4.69) is 17.2 Å². The van der Waals surface area contributed by atoms with Crippen LogP contribution in [0.4, 0.5) is 5.69 Å². The van der Waals surface area contributed by atoms with Crippen LogP contribution >= 0.6 is 22.9 Å². The van der Waals surface area contributed by atoms with Gasteiger partial charge in [0.15, 0.2) is 0 Å². The normalized spacial score (nSPS) is 16.3. The van der Waals surface area contributed by atoms with Crippen molar-refractivity contribution < 1.29 is 4.79 Å². The molecule has 1 aromatic carbocycles. The lowest BCUT2D eigenvalue weighted by atomic mass is 9.89. The molecule has 4 rings (SSSR count). The number of fused-ring (bicyclic) bond motifs is 3. The number of amides is 1. The lowest BCUT2D eigenvalue weighted by molar-refractivity contribution is -0.116. The van der Waals surface area contributed by atoms with Gasteiger partial charge in [-0.2, -0.15) is 0 Å². The Kier molecular flexibility index (Phi) is 4.78. The van der Waals surface area contributed by atoms with E-state index < -0.39 is 0 Å². The van der Waals surface area contributed by atoms with Crippen LogP contribution in [0.3, 0.4) is 0 Å². The second kappa shape index (κ2) is 7.09. The van der Waals surface area contributed by atoms with Crippen LogP contribution in [-0.2, 0) is 24.2 Å². The highest BCUT2D eigenvalue weighted by atomic mass is 35.5. The maximum absolute atomic E-state index is 13.0. The minimum absolute atomic E-state index is 0.0747. The van der Waals surface area contributed by atoms with Crippen molar-refractivity contribution in [2.45, 2.75) is 39.7 Å². The van der Waals surface area contributed by atoms with Gasteiger partial charge in [-0.3, -0.25) is 14.2 Å². The molecule has 1 N–H and O–H groups in total. The summed E-state index contributed by atoms with van der Waals surface area (Å²) in [6.07, 6.45) is 4.47. The molecule has 0 spiro atoms. The van der Waals surface area contributed by atoms with E-state index in [0.717, 1.165) is 35.2 Å². The van der Waals surface area contributed by atoms with Crippen molar-refractivity contribution in [3.63, 3.8) is 0 Å². The average molecular weight is 402 g/mol. The van der Waals surface area contributed by atoms with Gasteiger partial charge in [-0.1, -0.05) is 24.6 Å². The Morgan fingerprint density at radius 2 is 2.26 bits per heavy atom. The molecule has 0 radical (unpaired) electrons. The highest BCUT2D eigenvalue weighted by Gasteiger charge is 2.23. The van der Waals surface area contributed by atoms with Crippen LogP contribution in [0.5, 0.6) is 0 Å². The predicted molar refractivity (Wildman–Crippen MR) is 110 cm³/mol. The molecule has 5 nitrogen and oxygen atoms in total. The zero-order chi connectivity index (χ0) is 19.1. The molecule has 2 aromatic heterocycles. The first-order valence-electron chi connectivity index (χ1n) is 8.98. The molecule has 140 valence electrons. The lowest BCUT2D eigenvalue weighted by Crippen LogP contribution is -2.28. The molecule has 3 aromatic rings. The number of benzene rings is 1. The first-order chi connectivity index (χ1) is 12.9. The van der Waals surface area contributed by atoms with E-state index in [0.29, 0.717) is 22.0 Å². The maximum Gasteiger partial charge on any atom is 0.262 e. The summed E-state index contributed by atoms with van der Waals surface area (Å²) in [4.78, 5) is 31.9. The van der Waals surface area contributed by atoms with E-state index in [4.69, 9.17) is 11.6 Å². The first-order valence-corrected chi connectivity index (χ1v) is 10.2. The van der Waals surface area contributed by atoms with Crippen LogP contribution in [-0.4, -0.2) is 15.5 Å². The molecule has 0 saturated carbocycles. The van der Waals surface area contributed by atoms with Crippen molar-refractivity contribution in [2.75, 3.05) is 5.32 Å². The number of rotatable bonds is 3. The minimum Gasteiger partial charge on any atom is -0.324 e. The van der Waals surface area contributed by atoms with Crippen LogP contribution in [0.1, 0.15) is 29.3 Å². The summed E-state index contributed by atoms with van der Waals surface area (Å²) in [6, 6.07) is 5.32. The zero-order valence-corrected chi connectivity index (χ0v) is 16.8. The Morgan fingerprint density at radius 1 is 1.44 bits per heavy atom. The molecule has 2 heterocycles. The van der Waals surface area contributed by atoms with Crippen molar-refractivity contribution in [1.82, 2.24) is 9.55 Å². The van der Waals surface area contributed by atoms with E-state index in [-0.39, 0.29) is 18.0 Å². The number of aryl methyl sites for hydroxylation is 2. The van der Waals surface area contributed by atoms with Crippen molar-refractivity contribution >= 4 is 44.7 Å². The molecular weight excluding hydrogens is 382 g/mol. The third-order valence-corrected chi connectivity index (χ3v) is 6.47. The summed E-state index contributed by atoms with van der Waals surface area (Å²) < 4.78 is 1.39. The van der Waals surface area contributed by atoms with Gasteiger partial charge in [-0.25, -0.2) is 4.98 Å². The largest absolute Gasteiger partial charge is 0.324 e. The van der Waals surface area contributed by atoms with Gasteiger partial charge in [-0.15, -0.1) is 11.3 Å². The fourth-order valence-corrected chi connectivity index (χ4v) is 5.07. The van der Waals surface area contributed by atoms with E-state index >= 15 is 0 Å². The van der Waals surface area contributed by atoms with Crippen molar-refractivity contribution in [3.05, 3.63) is 55.9 Å². The van der Waals surface area contributed by atoms with Crippen LogP contribution < -0.4 is 10.9 Å². The number of nitrogens with one attached hydrogen (secondary N) is 1. The van der Waals surface area contributed by atoms with E-state index in [1.54, 1.807) is 23.5 Å². The Bertz CT molecular complexity index is 1100. The molecule has 1 atom stereocenters. The van der Waals surface area contributed by atoms with E-state index in [1.807, 2.05) is 13.0 Å². The van der Waals surface area contributed by atoms with E-state index in [1.165, 1.54) is 15.8 Å². The topological polar surface area (TPSA) is 64.0 Å². The van der Waals surface area contributed by atoms with Crippen molar-refractivity contribution in [2.24, 2.45) is 5.92 Å². The van der Waals surface area contributed by atoms with Crippen LogP contribution in [0, 0.1) is 12.8 Å². The van der Waals surface area contributed by atoms with Gasteiger partial charge in [0.25, 0.3) is 5.56 Å². The summed E-state index contributed by atoms with van der Waals surface area (Å²) >= 11 is 7.61. The van der Waals surface area contributed by atoms with Gasteiger partial charge >= 0.3 is 0 Å². The number of hydrogen-bond acceptors (Lipinski definition) is 4. The fraction of sp³-hybridized carbons (Fsp3) is 0.350. The Morgan fingerprint density at radius 3 is 3.07 bits per heavy atom. The molecular formula is C20H20ClN3O2S. The number of hydrogen-bond donors (Lipinski definition) is 1. The van der Waals surface area contributed by atoms with Gasteiger partial charge in [0, 0.05) is 15.6 Å². The molecule has 0 bridgehead atoms. The van der Waals surface area contributed by atoms with Crippen LogP contribution in [0.25, 0.3) is 10.2 Å². The summed E-state index contributed by atoms with van der Waals surface area (Å²) in [6.45, 7) is 4.06. The number of nitrogens with zero attached hydrogens (tertiary/aromatic N) is 2. The third kappa shape index (κ3) is 3.51. The summed E-state index contributed by atoms with van der Waals surface area (Å²) in [5.74, 6) is 0.362. The highest BCUT2D eigenvalue weighted by molar-refractivity contribution is 7.18. The SMILES string of the molecule is Cc1ccc(Cl)cc1NC(=O)Cn1cnc2sc3c(c2c1=O)CC[C@@H](C)C3. The Hall–Kier alpha value is -2.18. The summed E-state index contributed by atoms with van der Waals surface area (Å²) in [5, 5.41) is 4.07. The molecule has 1 aliphatic rings. The van der Waals surface area contributed by atoms with E-state index in [9.17, 15) is 9.59 Å². The lowest BCUT2D eigenvalue weighted by Gasteiger charge is -2.17. The van der Waals surface area contributed by atoms with Gasteiger partial charge in [0.2, 0.25) is 5.91 Å². The maximum atomic E-state index is 13.0. The summed E-state index contributed by atoms with van der Waals surface area (Å²) in [7, 11) is 0. The number of halogens is 1. The van der Waals surface area contributed by atoms with Crippen LogP contribution in [0.15, 0.2) is 29.3 Å². The number of aromatic nitrogens is 2. The minimum atomic E-state index is -0.277. The Labute approximate surface area is 166 Å². The molecule has 0 aliphatic heterocycles. The van der Waals surface area contributed by atoms with Gasteiger partial charge in [0.05, 0.1) is 11.7 Å². The number of carbonyl (C=O) groups is 1. The molecule has 27 heavy (non-hydrogen) atoms. The predicted octanol–water partition coefficient (Wildman–Crippen LogP) is 4.18. The Balaban J connectivity index is 1.62. The van der Waals surface area contributed by atoms with Crippen LogP contribution in [0.2, 0.25) is 5.02 Å². The number of carbonyl (C=O) groups excluding carboxylic acids is 1. The highest BCUT2D eigenvalue weighted by Crippen LogP contribution is 2.35. The second-order valence-electron chi connectivity index (χ2n) is 7.22. The van der Waals surface area contributed by atoms with Crippen molar-refractivity contribution in [1.29, 1.82) is 0 Å². The molecule has 1 amide bonds. The number of anilines is 1. The van der Waals surface area contributed by atoms with Crippen molar-refractivity contribution in [3.8, 4) is 0 Å². The molecule has 0 unspecified atom stereocenters. The van der Waals surface area contributed by atoms with Gasteiger partial charge in [-0.05, 0) is 55.4 Å². The standard InChI is InChI=1S/C20H20ClN3O2S/c1-11-3-6-14-16(7-11)27-19-18(14)20(26)24(10-22-19)9-17(25)23-15-8-13(21)5-4-12(15)2/h4-5,8,10-11H,3,6-7,9H2,1-2H3,(H,23,25)/t11-/m1/s1. The smallest absolute Gasteiger partial charge is 0.262 e. The third-order valence-electron chi connectivity index (χ3n) is 5.07. The molecule has 7 heteroatoms. The van der Waals surface area contributed by atoms with Gasteiger partial charge in [0.1, 0.15) is 11.4 Å². The monoisotopic (exact) mass is 401 g/mol. The molecule has 0 saturated heterocycles.